The summed E-state index contributed by atoms with van der Waals surface area (Å²) in [6.45, 7) is 1.39. The number of halogens is 1. The highest BCUT2D eigenvalue weighted by molar-refractivity contribution is 9.10. The van der Waals surface area contributed by atoms with Gasteiger partial charge in [0.05, 0.1) is 12.2 Å². The number of amides is 1. The van der Waals surface area contributed by atoms with Crippen molar-refractivity contribution in [2.75, 3.05) is 18.5 Å². The second-order valence-electron chi connectivity index (χ2n) is 5.79. The average Bonchev–Trinajstić information content (AvgIpc) is 2.71. The van der Waals surface area contributed by atoms with Gasteiger partial charge in [-0.2, -0.15) is 5.26 Å². The molecular formula is C21H17BrN2O6. The number of esters is 1. The first-order chi connectivity index (χ1) is 14.3. The van der Waals surface area contributed by atoms with E-state index >= 15 is 0 Å². The van der Waals surface area contributed by atoms with Gasteiger partial charge in [0.2, 0.25) is 0 Å². The lowest BCUT2D eigenvalue weighted by molar-refractivity contribution is -0.139. The average molecular weight is 473 g/mol. The van der Waals surface area contributed by atoms with Gasteiger partial charge in [-0.3, -0.25) is 4.79 Å². The van der Waals surface area contributed by atoms with Gasteiger partial charge in [-0.1, -0.05) is 15.9 Å². The van der Waals surface area contributed by atoms with Gasteiger partial charge in [0.15, 0.2) is 6.61 Å². The molecule has 0 bridgehead atoms. The van der Waals surface area contributed by atoms with Crippen LogP contribution in [0.3, 0.4) is 0 Å². The van der Waals surface area contributed by atoms with E-state index in [-0.39, 0.29) is 17.9 Å². The number of nitrogens with zero attached hydrogens (tertiary/aromatic N) is 1. The van der Waals surface area contributed by atoms with Gasteiger partial charge in [0.1, 0.15) is 17.4 Å². The van der Waals surface area contributed by atoms with Crippen molar-refractivity contribution < 1.29 is 29.0 Å². The molecule has 8 nitrogen and oxygen atoms in total. The van der Waals surface area contributed by atoms with Gasteiger partial charge in [-0.25, -0.2) is 9.59 Å². The number of nitriles is 1. The molecule has 2 rings (SSSR count). The smallest absolute Gasteiger partial charge is 0.341 e. The highest BCUT2D eigenvalue weighted by Gasteiger charge is 2.13. The van der Waals surface area contributed by atoms with E-state index in [9.17, 15) is 19.6 Å². The highest BCUT2D eigenvalue weighted by atomic mass is 79.9. The first-order valence-electron chi connectivity index (χ1n) is 8.68. The summed E-state index contributed by atoms with van der Waals surface area (Å²) < 4.78 is 10.8. The number of benzene rings is 2. The third-order valence-corrected chi connectivity index (χ3v) is 4.14. The number of rotatable bonds is 8. The third-order valence-electron chi connectivity index (χ3n) is 3.64. The molecule has 1 amide bonds. The molecule has 0 heterocycles. The van der Waals surface area contributed by atoms with Crippen LogP contribution >= 0.6 is 15.9 Å². The molecule has 0 aliphatic heterocycles. The first-order valence-corrected chi connectivity index (χ1v) is 9.47. The summed E-state index contributed by atoms with van der Waals surface area (Å²) in [5.41, 5.74) is 0.851. The van der Waals surface area contributed by atoms with Crippen molar-refractivity contribution >= 4 is 45.5 Å². The molecule has 0 aliphatic rings. The summed E-state index contributed by atoms with van der Waals surface area (Å²) in [5, 5.41) is 20.8. The molecule has 0 unspecified atom stereocenters. The molecule has 0 fully saturated rings. The van der Waals surface area contributed by atoms with Crippen LogP contribution in [0.5, 0.6) is 5.75 Å². The highest BCUT2D eigenvalue weighted by Crippen LogP contribution is 2.26. The summed E-state index contributed by atoms with van der Waals surface area (Å²) in [5.74, 6) is -2.10. The number of anilines is 1. The number of nitrogens with one attached hydrogen (secondary N) is 1. The Morgan fingerprint density at radius 1 is 1.20 bits per heavy atom. The number of carboxylic acid groups (broad SMARTS) is 1. The maximum Gasteiger partial charge on any atom is 0.341 e. The zero-order valence-corrected chi connectivity index (χ0v) is 17.4. The van der Waals surface area contributed by atoms with Crippen LogP contribution in [-0.4, -0.2) is 36.2 Å². The fourth-order valence-electron chi connectivity index (χ4n) is 2.31. The molecule has 0 radical (unpaired) electrons. The van der Waals surface area contributed by atoms with E-state index in [4.69, 9.17) is 14.6 Å². The van der Waals surface area contributed by atoms with Crippen LogP contribution in [-0.2, 0) is 14.3 Å². The fraction of sp³-hybridized carbons (Fsp3) is 0.143. The molecule has 2 aromatic carbocycles. The van der Waals surface area contributed by atoms with E-state index in [2.05, 4.69) is 21.2 Å². The number of carboxylic acids is 1. The van der Waals surface area contributed by atoms with Gasteiger partial charge in [-0.15, -0.1) is 0 Å². The zero-order chi connectivity index (χ0) is 22.1. The molecule has 0 spiro atoms. The van der Waals surface area contributed by atoms with Crippen LogP contribution < -0.4 is 10.1 Å². The summed E-state index contributed by atoms with van der Waals surface area (Å²) in [7, 11) is 0. The maximum absolute atomic E-state index is 12.5. The number of carbonyl (C=O) groups is 3. The Morgan fingerprint density at radius 3 is 2.50 bits per heavy atom. The summed E-state index contributed by atoms with van der Waals surface area (Å²) in [6, 6.07) is 12.6. The van der Waals surface area contributed by atoms with Crippen molar-refractivity contribution in [2.24, 2.45) is 0 Å². The standard InChI is InChI=1S/C21H17BrN2O6/c1-2-29-21(28)13-3-6-17(7-4-13)24-20(27)15(11-23)9-14-10-16(22)5-8-18(14)30-12-19(25)26/h3-10H,2,12H2,1H3,(H,24,27)(H,25,26)/b15-9+. The van der Waals surface area contributed by atoms with Gasteiger partial charge >= 0.3 is 11.9 Å². The largest absolute Gasteiger partial charge is 0.481 e. The predicted molar refractivity (Wildman–Crippen MR) is 112 cm³/mol. The molecular weight excluding hydrogens is 456 g/mol. The molecule has 2 N–H and O–H groups in total. The van der Waals surface area contributed by atoms with Crippen molar-refractivity contribution in [1.82, 2.24) is 0 Å². The minimum atomic E-state index is -1.16. The molecule has 154 valence electrons. The normalized spacial score (nSPS) is 10.6. The van der Waals surface area contributed by atoms with Gasteiger partial charge in [0, 0.05) is 15.7 Å². The van der Waals surface area contributed by atoms with Gasteiger partial charge in [0.25, 0.3) is 5.91 Å². The lowest BCUT2D eigenvalue weighted by Crippen LogP contribution is -2.14. The van der Waals surface area contributed by atoms with Gasteiger partial charge in [-0.05, 0) is 55.5 Å². The van der Waals surface area contributed by atoms with E-state index in [1.165, 1.54) is 36.4 Å². The van der Waals surface area contributed by atoms with Gasteiger partial charge < -0.3 is 19.9 Å². The summed E-state index contributed by atoms with van der Waals surface area (Å²) in [6.07, 6.45) is 1.30. The van der Waals surface area contributed by atoms with Crippen molar-refractivity contribution in [2.45, 2.75) is 6.92 Å². The predicted octanol–water partition coefficient (Wildman–Crippen LogP) is 3.63. The Kier molecular flexibility index (Phi) is 8.14. The summed E-state index contributed by atoms with van der Waals surface area (Å²) in [4.78, 5) is 34.9. The Labute approximate surface area is 180 Å². The lowest BCUT2D eigenvalue weighted by atomic mass is 10.1. The summed E-state index contributed by atoms with van der Waals surface area (Å²) >= 11 is 3.29. The van der Waals surface area contributed by atoms with E-state index in [1.807, 2.05) is 6.07 Å². The monoisotopic (exact) mass is 472 g/mol. The number of carbonyl (C=O) groups excluding carboxylic acids is 2. The minimum Gasteiger partial charge on any atom is -0.481 e. The number of hydrogen-bond acceptors (Lipinski definition) is 6. The minimum absolute atomic E-state index is 0.208. The van der Waals surface area contributed by atoms with Crippen LogP contribution in [0.1, 0.15) is 22.8 Å². The number of ether oxygens (including phenoxy) is 2. The van der Waals surface area contributed by atoms with Crippen molar-refractivity contribution in [3.8, 4) is 11.8 Å². The SMILES string of the molecule is CCOC(=O)c1ccc(NC(=O)/C(C#N)=C/c2cc(Br)ccc2OCC(=O)O)cc1. The quantitative estimate of drug-likeness (QED) is 0.341. The Morgan fingerprint density at radius 2 is 1.90 bits per heavy atom. The van der Waals surface area contributed by atoms with E-state index in [0.717, 1.165) is 0 Å². The second-order valence-corrected chi connectivity index (χ2v) is 6.70. The van der Waals surface area contributed by atoms with Crippen LogP contribution in [0.2, 0.25) is 0 Å². The second kappa shape index (κ2) is 10.8. The molecule has 30 heavy (non-hydrogen) atoms. The van der Waals surface area contributed by atoms with Crippen molar-refractivity contribution in [3.05, 3.63) is 63.6 Å². The van der Waals surface area contributed by atoms with Crippen LogP contribution in [0, 0.1) is 11.3 Å². The van der Waals surface area contributed by atoms with Crippen LogP contribution in [0.4, 0.5) is 5.69 Å². The van der Waals surface area contributed by atoms with E-state index < -0.39 is 24.5 Å². The van der Waals surface area contributed by atoms with E-state index in [0.29, 0.717) is 21.3 Å². The molecule has 0 aliphatic carbocycles. The molecule has 9 heteroatoms. The van der Waals surface area contributed by atoms with E-state index in [1.54, 1.807) is 19.1 Å². The first kappa shape index (κ1) is 22.6. The van der Waals surface area contributed by atoms with Crippen LogP contribution in [0.15, 0.2) is 52.5 Å². The number of aliphatic carboxylic acids is 1. The third kappa shape index (κ3) is 6.46. The zero-order valence-electron chi connectivity index (χ0n) is 15.8. The molecule has 0 atom stereocenters. The van der Waals surface area contributed by atoms with Crippen LogP contribution in [0.25, 0.3) is 6.08 Å². The fourth-order valence-corrected chi connectivity index (χ4v) is 2.69. The number of hydrogen-bond donors (Lipinski definition) is 2. The van der Waals surface area contributed by atoms with Crippen molar-refractivity contribution in [1.29, 1.82) is 5.26 Å². The lowest BCUT2D eigenvalue weighted by Gasteiger charge is -2.09. The topological polar surface area (TPSA) is 126 Å². The molecule has 0 saturated carbocycles. The Bertz CT molecular complexity index is 1020. The molecule has 0 aromatic heterocycles. The molecule has 0 saturated heterocycles. The maximum atomic E-state index is 12.5. The van der Waals surface area contributed by atoms with Crippen molar-refractivity contribution in [3.63, 3.8) is 0 Å². The Hall–Kier alpha value is -3.64. The Balaban J connectivity index is 2.21. The molecule has 2 aromatic rings.